The summed E-state index contributed by atoms with van der Waals surface area (Å²) >= 11 is 0. The second-order valence-electron chi connectivity index (χ2n) is 3.70. The highest BCUT2D eigenvalue weighted by molar-refractivity contribution is 6.04. The molecular formula is C13H13N2O2-. The van der Waals surface area contributed by atoms with Crippen molar-refractivity contribution in [3.05, 3.63) is 59.3 Å². The lowest BCUT2D eigenvalue weighted by Gasteiger charge is -2.46. The molecule has 0 bridgehead atoms. The topological polar surface area (TPSA) is 58.9 Å². The number of phenolic OH excluding ortho intramolecular Hbond substituents is 1. The van der Waals surface area contributed by atoms with Crippen LogP contribution in [0.1, 0.15) is 18.7 Å². The fourth-order valence-corrected chi connectivity index (χ4v) is 1.72. The average molecular weight is 229 g/mol. The first kappa shape index (κ1) is 11.4. The summed E-state index contributed by atoms with van der Waals surface area (Å²) in [5, 5.41) is 22.0. The summed E-state index contributed by atoms with van der Waals surface area (Å²) in [5.74, 6) is 0.519. The molecule has 0 spiro atoms. The van der Waals surface area contributed by atoms with Gasteiger partial charge in [0.05, 0.1) is 0 Å². The minimum Gasteiger partial charge on any atom is -0.755 e. The van der Waals surface area contributed by atoms with Crippen LogP contribution in [0, 0.1) is 5.21 Å². The predicted octanol–water partition coefficient (Wildman–Crippen LogP) is 2.74. The third-order valence-corrected chi connectivity index (χ3v) is 2.63. The molecule has 0 radical (unpaired) electrons. The summed E-state index contributed by atoms with van der Waals surface area (Å²) in [6.45, 7) is 5.45. The summed E-state index contributed by atoms with van der Waals surface area (Å²) < 4.78 is 0. The Kier molecular flexibility index (Phi) is 2.97. The number of phenols is 1. The van der Waals surface area contributed by atoms with E-state index in [-0.39, 0.29) is 5.75 Å². The van der Waals surface area contributed by atoms with E-state index in [4.69, 9.17) is 0 Å². The second kappa shape index (κ2) is 4.43. The quantitative estimate of drug-likeness (QED) is 0.811. The van der Waals surface area contributed by atoms with Crippen molar-refractivity contribution < 1.29 is 5.11 Å². The number of hydrogen-bond donors (Lipinski definition) is 1. The number of aromatic hydroxyl groups is 1. The van der Waals surface area contributed by atoms with Gasteiger partial charge >= 0.3 is 0 Å². The van der Waals surface area contributed by atoms with Crippen molar-refractivity contribution in [2.45, 2.75) is 13.1 Å². The van der Waals surface area contributed by atoms with Gasteiger partial charge in [-0.05, 0) is 24.6 Å². The Labute approximate surface area is 99.8 Å². The summed E-state index contributed by atoms with van der Waals surface area (Å²) in [7, 11) is 0. The van der Waals surface area contributed by atoms with Crippen LogP contribution < -0.4 is 0 Å². The van der Waals surface area contributed by atoms with Crippen molar-refractivity contribution in [1.82, 2.24) is 5.06 Å². The highest BCUT2D eigenvalue weighted by atomic mass is 16.5. The van der Waals surface area contributed by atoms with Crippen molar-refractivity contribution in [3.63, 3.8) is 0 Å². The summed E-state index contributed by atoms with van der Waals surface area (Å²) in [5.41, 5.74) is 1.40. The SMILES string of the molecule is C=C/C(=C\C)C1=NC(c2cccc(O)c2)N1[O-]. The highest BCUT2D eigenvalue weighted by Gasteiger charge is 2.26. The molecule has 88 valence electrons. The number of hydrogen-bond acceptors (Lipinski definition) is 4. The number of amidine groups is 1. The number of rotatable bonds is 3. The van der Waals surface area contributed by atoms with Gasteiger partial charge in [0.15, 0.2) is 0 Å². The maximum atomic E-state index is 11.8. The van der Waals surface area contributed by atoms with Crippen LogP contribution in [-0.2, 0) is 0 Å². The number of nitrogens with zero attached hydrogens (tertiary/aromatic N) is 2. The molecule has 1 heterocycles. The second-order valence-corrected chi connectivity index (χ2v) is 3.70. The Balaban J connectivity index is 2.26. The molecule has 17 heavy (non-hydrogen) atoms. The van der Waals surface area contributed by atoms with Crippen LogP contribution in [0.5, 0.6) is 5.75 Å². The lowest BCUT2D eigenvalue weighted by Crippen LogP contribution is -2.39. The first-order valence-corrected chi connectivity index (χ1v) is 5.29. The molecule has 1 atom stereocenters. The van der Waals surface area contributed by atoms with Crippen LogP contribution in [0.2, 0.25) is 0 Å². The molecule has 1 aliphatic rings. The molecule has 1 aromatic rings. The zero-order valence-corrected chi connectivity index (χ0v) is 9.50. The molecule has 0 amide bonds. The zero-order valence-electron chi connectivity index (χ0n) is 9.50. The minimum atomic E-state index is -0.563. The Morgan fingerprint density at radius 3 is 2.88 bits per heavy atom. The van der Waals surface area contributed by atoms with Crippen molar-refractivity contribution in [2.75, 3.05) is 0 Å². The lowest BCUT2D eigenvalue weighted by atomic mass is 10.1. The third-order valence-electron chi connectivity index (χ3n) is 2.63. The van der Waals surface area contributed by atoms with Crippen LogP contribution in [0.25, 0.3) is 0 Å². The van der Waals surface area contributed by atoms with Crippen molar-refractivity contribution in [1.29, 1.82) is 0 Å². The summed E-state index contributed by atoms with van der Waals surface area (Å²) in [4.78, 5) is 4.24. The Morgan fingerprint density at radius 2 is 2.35 bits per heavy atom. The van der Waals surface area contributed by atoms with E-state index in [2.05, 4.69) is 11.6 Å². The van der Waals surface area contributed by atoms with Crippen LogP contribution in [0.4, 0.5) is 0 Å². The molecule has 0 fully saturated rings. The fourth-order valence-electron chi connectivity index (χ4n) is 1.72. The van der Waals surface area contributed by atoms with E-state index in [1.54, 1.807) is 36.4 Å². The van der Waals surface area contributed by atoms with Crippen molar-refractivity contribution in [3.8, 4) is 5.75 Å². The van der Waals surface area contributed by atoms with E-state index >= 15 is 0 Å². The highest BCUT2D eigenvalue weighted by Crippen LogP contribution is 2.33. The summed E-state index contributed by atoms with van der Waals surface area (Å²) in [6, 6.07) is 6.55. The van der Waals surface area contributed by atoms with Gasteiger partial charge < -0.3 is 15.4 Å². The van der Waals surface area contributed by atoms with Gasteiger partial charge in [-0.3, -0.25) is 0 Å². The van der Waals surface area contributed by atoms with E-state index in [0.29, 0.717) is 11.4 Å². The van der Waals surface area contributed by atoms with Crippen LogP contribution in [0.3, 0.4) is 0 Å². The van der Waals surface area contributed by atoms with E-state index in [1.807, 2.05) is 6.92 Å². The van der Waals surface area contributed by atoms with E-state index in [0.717, 1.165) is 10.6 Å². The molecule has 2 rings (SSSR count). The normalized spacial score (nSPS) is 19.6. The predicted molar refractivity (Wildman–Crippen MR) is 67.4 cm³/mol. The zero-order chi connectivity index (χ0) is 12.4. The summed E-state index contributed by atoms with van der Waals surface area (Å²) in [6.07, 6.45) is 2.82. The van der Waals surface area contributed by atoms with Crippen LogP contribution >= 0.6 is 0 Å². The molecule has 0 aromatic heterocycles. The van der Waals surface area contributed by atoms with E-state index < -0.39 is 6.17 Å². The van der Waals surface area contributed by atoms with Gasteiger partial charge in [-0.1, -0.05) is 30.9 Å². The maximum absolute atomic E-state index is 11.8. The number of hydroxylamine groups is 2. The Morgan fingerprint density at radius 1 is 1.59 bits per heavy atom. The van der Waals surface area contributed by atoms with Crippen LogP contribution in [0.15, 0.2) is 53.6 Å². The first-order valence-electron chi connectivity index (χ1n) is 5.29. The number of allylic oxidation sites excluding steroid dienone is 1. The molecule has 4 heteroatoms. The van der Waals surface area contributed by atoms with Crippen LogP contribution in [-0.4, -0.2) is 16.0 Å². The van der Waals surface area contributed by atoms with Gasteiger partial charge in [-0.15, -0.1) is 0 Å². The van der Waals surface area contributed by atoms with Crippen molar-refractivity contribution >= 4 is 5.84 Å². The minimum absolute atomic E-state index is 0.134. The molecule has 0 saturated heterocycles. The Bertz CT molecular complexity index is 506. The lowest BCUT2D eigenvalue weighted by molar-refractivity contribution is 0.366. The monoisotopic (exact) mass is 229 g/mol. The van der Waals surface area contributed by atoms with Gasteiger partial charge in [0, 0.05) is 5.57 Å². The molecule has 0 saturated carbocycles. The van der Waals surface area contributed by atoms with E-state index in [9.17, 15) is 10.3 Å². The van der Waals surface area contributed by atoms with Gasteiger partial charge in [0.1, 0.15) is 17.8 Å². The van der Waals surface area contributed by atoms with Gasteiger partial charge in [0.2, 0.25) is 0 Å². The Hall–Kier alpha value is -2.07. The third kappa shape index (κ3) is 1.94. The fraction of sp³-hybridized carbons (Fsp3) is 0.154. The number of aliphatic imine (C=N–C) groups is 1. The molecule has 4 nitrogen and oxygen atoms in total. The molecule has 1 N–H and O–H groups in total. The van der Waals surface area contributed by atoms with E-state index in [1.165, 1.54) is 0 Å². The first-order chi connectivity index (χ1) is 8.17. The largest absolute Gasteiger partial charge is 0.755 e. The van der Waals surface area contributed by atoms with Crippen molar-refractivity contribution in [2.24, 2.45) is 4.99 Å². The molecule has 0 aliphatic carbocycles. The average Bonchev–Trinajstić information content (AvgIpc) is 2.33. The standard InChI is InChI=1S/C13H13N2O2/c1-3-9(4-2)12-14-13(15(12)17)10-6-5-7-11(16)8-10/h3-8,13,16H,1H2,2H3/q-1/b9-4+. The van der Waals surface area contributed by atoms with Gasteiger partial charge in [0.25, 0.3) is 0 Å². The molecule has 1 unspecified atom stereocenters. The molecular weight excluding hydrogens is 216 g/mol. The van der Waals surface area contributed by atoms with Gasteiger partial charge in [-0.2, -0.15) is 0 Å². The maximum Gasteiger partial charge on any atom is 0.140 e. The molecule has 1 aliphatic heterocycles. The molecule has 1 aromatic carbocycles. The smallest absolute Gasteiger partial charge is 0.140 e. The number of benzene rings is 1. The van der Waals surface area contributed by atoms with Gasteiger partial charge in [-0.25, -0.2) is 4.99 Å².